The molecule has 2 atom stereocenters. The first-order chi connectivity index (χ1) is 13.3. The minimum atomic E-state index is -3.26. The zero-order chi connectivity index (χ0) is 20.3. The lowest BCUT2D eigenvalue weighted by Crippen LogP contribution is -2.51. The summed E-state index contributed by atoms with van der Waals surface area (Å²) in [4.78, 5) is 14.5. The lowest BCUT2D eigenvalue weighted by Gasteiger charge is -2.36. The molecule has 1 saturated carbocycles. The molecule has 2 aliphatic rings. The Kier molecular flexibility index (Phi) is 6.77. The number of unbranched alkanes of at least 4 members (excludes halogenated alkanes) is 1. The van der Waals surface area contributed by atoms with E-state index in [1.165, 1.54) is 0 Å². The molecule has 2 heterocycles. The van der Waals surface area contributed by atoms with Crippen LogP contribution in [0.5, 0.6) is 0 Å². The average Bonchev–Trinajstić information content (AvgIpc) is 3.35. The Bertz CT molecular complexity index is 773. The van der Waals surface area contributed by atoms with Gasteiger partial charge in [-0.3, -0.25) is 4.79 Å². The highest BCUT2D eigenvalue weighted by atomic mass is 32.2. The van der Waals surface area contributed by atoms with Gasteiger partial charge in [0.2, 0.25) is 10.0 Å². The predicted molar refractivity (Wildman–Crippen MR) is 107 cm³/mol. The summed E-state index contributed by atoms with van der Waals surface area (Å²) < 4.78 is 32.2. The highest BCUT2D eigenvalue weighted by Gasteiger charge is 2.34. The van der Waals surface area contributed by atoms with Crippen molar-refractivity contribution in [3.05, 3.63) is 17.5 Å². The number of rotatable bonds is 9. The van der Waals surface area contributed by atoms with Crippen LogP contribution in [-0.4, -0.2) is 73.7 Å². The van der Waals surface area contributed by atoms with Crippen LogP contribution in [0.3, 0.4) is 0 Å². The molecular formula is C19H32N4O4S. The van der Waals surface area contributed by atoms with Crippen LogP contribution < -0.4 is 5.32 Å². The van der Waals surface area contributed by atoms with Crippen molar-refractivity contribution in [1.29, 1.82) is 0 Å². The molecule has 1 aromatic heterocycles. The van der Waals surface area contributed by atoms with Crippen molar-refractivity contribution >= 4 is 15.9 Å². The molecule has 9 heteroatoms. The molecule has 8 nitrogen and oxygen atoms in total. The summed E-state index contributed by atoms with van der Waals surface area (Å²) in [6.45, 7) is 3.24. The third-order valence-corrected chi connectivity index (χ3v) is 7.57. The number of nitrogens with one attached hydrogen (secondary N) is 1. The number of nitrogens with zero attached hydrogens (tertiary/aromatic N) is 3. The van der Waals surface area contributed by atoms with E-state index in [0.717, 1.165) is 31.6 Å². The Morgan fingerprint density at radius 3 is 2.71 bits per heavy atom. The third-order valence-electron chi connectivity index (χ3n) is 5.51. The van der Waals surface area contributed by atoms with E-state index in [9.17, 15) is 13.2 Å². The van der Waals surface area contributed by atoms with Crippen molar-refractivity contribution in [2.24, 2.45) is 0 Å². The van der Waals surface area contributed by atoms with Gasteiger partial charge in [0.15, 0.2) is 5.69 Å². The molecule has 1 aromatic rings. The van der Waals surface area contributed by atoms with Crippen molar-refractivity contribution in [1.82, 2.24) is 19.7 Å². The van der Waals surface area contributed by atoms with Gasteiger partial charge >= 0.3 is 0 Å². The smallest absolute Gasteiger partial charge is 0.273 e. The van der Waals surface area contributed by atoms with Crippen LogP contribution in [0.1, 0.15) is 67.6 Å². The highest BCUT2D eigenvalue weighted by Crippen LogP contribution is 2.40. The van der Waals surface area contributed by atoms with Gasteiger partial charge in [-0.15, -0.1) is 0 Å². The second kappa shape index (κ2) is 8.92. The van der Waals surface area contributed by atoms with Gasteiger partial charge in [0.1, 0.15) is 5.76 Å². The molecule has 0 spiro atoms. The van der Waals surface area contributed by atoms with Crippen molar-refractivity contribution in [3.8, 4) is 0 Å². The van der Waals surface area contributed by atoms with Gasteiger partial charge in [-0.05, 0) is 66.1 Å². The summed E-state index contributed by atoms with van der Waals surface area (Å²) in [7, 11) is 0.716. The summed E-state index contributed by atoms with van der Waals surface area (Å²) in [6.07, 6.45) is 4.94. The van der Waals surface area contributed by atoms with Crippen molar-refractivity contribution in [2.45, 2.75) is 63.5 Å². The van der Waals surface area contributed by atoms with Crippen LogP contribution in [0, 0.1) is 0 Å². The zero-order valence-corrected chi connectivity index (χ0v) is 17.9. The van der Waals surface area contributed by atoms with Crippen LogP contribution in [0.2, 0.25) is 0 Å². The molecule has 1 amide bonds. The number of sulfonamides is 1. The quantitative estimate of drug-likeness (QED) is 0.622. The fourth-order valence-electron chi connectivity index (χ4n) is 3.74. The fourth-order valence-corrected chi connectivity index (χ4v) is 5.56. The van der Waals surface area contributed by atoms with Gasteiger partial charge in [0.05, 0.1) is 5.75 Å². The fraction of sp³-hybridized carbons (Fsp3) is 0.789. The summed E-state index contributed by atoms with van der Waals surface area (Å²) in [5.74, 6) is 1.15. The minimum absolute atomic E-state index is 0.0521. The molecule has 0 radical (unpaired) electrons. The maximum atomic E-state index is 12.7. The van der Waals surface area contributed by atoms with Crippen LogP contribution >= 0.6 is 0 Å². The minimum Gasteiger partial charge on any atom is -0.360 e. The molecular weight excluding hydrogens is 380 g/mol. The lowest BCUT2D eigenvalue weighted by molar-refractivity contribution is 0.0905. The Hall–Kier alpha value is -1.45. The SMILES string of the molecule is C[C@H]1C[C@@H](NC(=O)c2cc(C3CC3)on2)CCN1S(=O)(=O)CCCCN(C)C. The molecule has 1 N–H and O–H groups in total. The van der Waals surface area contributed by atoms with Gasteiger partial charge in [-0.1, -0.05) is 5.16 Å². The number of piperidine rings is 1. The number of aromatic nitrogens is 1. The third kappa shape index (κ3) is 5.55. The van der Waals surface area contributed by atoms with Crippen LogP contribution in [0.25, 0.3) is 0 Å². The molecule has 0 aromatic carbocycles. The van der Waals surface area contributed by atoms with E-state index in [1.807, 2.05) is 21.0 Å². The van der Waals surface area contributed by atoms with Gasteiger partial charge in [0.25, 0.3) is 5.91 Å². The summed E-state index contributed by atoms with van der Waals surface area (Å²) in [5, 5.41) is 6.86. The molecule has 0 unspecified atom stereocenters. The number of carbonyl (C=O) groups excluding carboxylic acids is 1. The molecule has 3 rings (SSSR count). The first-order valence-corrected chi connectivity index (χ1v) is 11.8. The second-order valence-corrected chi connectivity index (χ2v) is 10.4. The van der Waals surface area contributed by atoms with Gasteiger partial charge in [0, 0.05) is 30.6 Å². The summed E-state index contributed by atoms with van der Waals surface area (Å²) >= 11 is 0. The number of hydrogen-bond acceptors (Lipinski definition) is 6. The topological polar surface area (TPSA) is 95.7 Å². The van der Waals surface area contributed by atoms with Crippen LogP contribution in [0.4, 0.5) is 0 Å². The zero-order valence-electron chi connectivity index (χ0n) is 17.1. The van der Waals surface area contributed by atoms with Crippen molar-refractivity contribution in [2.75, 3.05) is 32.9 Å². The van der Waals surface area contributed by atoms with E-state index in [2.05, 4.69) is 15.4 Å². The van der Waals surface area contributed by atoms with E-state index in [-0.39, 0.29) is 23.7 Å². The molecule has 28 heavy (non-hydrogen) atoms. The summed E-state index contributed by atoms with van der Waals surface area (Å²) in [5.41, 5.74) is 0.311. The predicted octanol–water partition coefficient (Wildman–Crippen LogP) is 1.81. The van der Waals surface area contributed by atoms with E-state index < -0.39 is 10.0 Å². The van der Waals surface area contributed by atoms with E-state index >= 15 is 0 Å². The van der Waals surface area contributed by atoms with Crippen molar-refractivity contribution < 1.29 is 17.7 Å². The monoisotopic (exact) mass is 412 g/mol. The number of carbonyl (C=O) groups is 1. The molecule has 158 valence electrons. The molecule has 1 aliphatic heterocycles. The Morgan fingerprint density at radius 2 is 2.07 bits per heavy atom. The van der Waals surface area contributed by atoms with E-state index in [1.54, 1.807) is 10.4 Å². The Labute approximate surface area is 167 Å². The molecule has 0 bridgehead atoms. The number of amides is 1. The van der Waals surface area contributed by atoms with Crippen LogP contribution in [0.15, 0.2) is 10.6 Å². The normalized spacial score (nSPS) is 23.9. The average molecular weight is 413 g/mol. The number of hydrogen-bond donors (Lipinski definition) is 1. The van der Waals surface area contributed by atoms with Gasteiger partial charge < -0.3 is 14.7 Å². The van der Waals surface area contributed by atoms with Crippen LogP contribution in [-0.2, 0) is 10.0 Å². The van der Waals surface area contributed by atoms with E-state index in [0.29, 0.717) is 37.4 Å². The molecule has 1 saturated heterocycles. The first-order valence-electron chi connectivity index (χ1n) is 10.2. The summed E-state index contributed by atoms with van der Waals surface area (Å²) in [6, 6.07) is 1.55. The van der Waals surface area contributed by atoms with Gasteiger partial charge in [-0.25, -0.2) is 8.42 Å². The second-order valence-electron chi connectivity index (χ2n) is 8.37. The van der Waals surface area contributed by atoms with Crippen molar-refractivity contribution in [3.63, 3.8) is 0 Å². The molecule has 1 aliphatic carbocycles. The maximum Gasteiger partial charge on any atom is 0.273 e. The maximum absolute atomic E-state index is 12.7. The Morgan fingerprint density at radius 1 is 1.32 bits per heavy atom. The highest BCUT2D eigenvalue weighted by molar-refractivity contribution is 7.89. The van der Waals surface area contributed by atoms with Gasteiger partial charge in [-0.2, -0.15) is 4.31 Å². The standard InChI is InChI=1S/C19H32N4O4S/c1-14-12-16(20-19(24)17-13-18(27-21-17)15-6-7-15)8-10-23(14)28(25,26)11-5-4-9-22(2)3/h13-16H,4-12H2,1-3H3,(H,20,24)/t14-,16-/m0/s1. The first kappa shape index (κ1) is 21.3. The largest absolute Gasteiger partial charge is 0.360 e. The Balaban J connectivity index is 1.47. The lowest BCUT2D eigenvalue weighted by atomic mass is 10.0. The molecule has 2 fully saturated rings. The van der Waals surface area contributed by atoms with E-state index in [4.69, 9.17) is 4.52 Å².